The maximum absolute atomic E-state index is 8.61. The van der Waals surface area contributed by atoms with Gasteiger partial charge in [-0.1, -0.05) is 0 Å². The molecule has 4 nitrogen and oxygen atoms in total. The Morgan fingerprint density at radius 2 is 2.30 bits per heavy atom. The third kappa shape index (κ3) is 1.15. The number of ether oxygens (including phenoxy) is 1. The number of rotatable bonds is 2. The Morgan fingerprint density at radius 3 is 2.70 bits per heavy atom. The maximum atomic E-state index is 8.61. The van der Waals surface area contributed by atoms with Gasteiger partial charge in [-0.25, -0.2) is 0 Å². The van der Waals surface area contributed by atoms with Gasteiger partial charge >= 0.3 is 7.12 Å². The Hall–Kier alpha value is -0.935. The lowest BCUT2D eigenvalue weighted by Gasteiger charge is -1.97. The lowest BCUT2D eigenvalue weighted by atomic mass is 9.87. The average molecular weight is 142 g/mol. The average Bonchev–Trinajstić information content (AvgIpc) is 2.33. The fourth-order valence-electron chi connectivity index (χ4n) is 0.666. The van der Waals surface area contributed by atoms with Gasteiger partial charge in [0.05, 0.1) is 13.4 Å². The Bertz CT molecular complexity index is 207. The van der Waals surface area contributed by atoms with Crippen molar-refractivity contribution in [1.29, 1.82) is 0 Å². The van der Waals surface area contributed by atoms with E-state index < -0.39 is 7.12 Å². The molecule has 0 bridgehead atoms. The maximum Gasteiger partial charge on any atom is 0.530 e. The van der Waals surface area contributed by atoms with E-state index in [1.54, 1.807) is 0 Å². The van der Waals surface area contributed by atoms with Crippen LogP contribution >= 0.6 is 0 Å². The van der Waals surface area contributed by atoms with Crippen LogP contribution in [-0.2, 0) is 0 Å². The van der Waals surface area contributed by atoms with Crippen molar-refractivity contribution in [3.63, 3.8) is 0 Å². The topological polar surface area (TPSA) is 62.8 Å². The highest BCUT2D eigenvalue weighted by atomic mass is 16.5. The molecular formula is C5H7BO4. The minimum atomic E-state index is -1.61. The van der Waals surface area contributed by atoms with E-state index in [0.29, 0.717) is 5.75 Å². The molecule has 0 spiro atoms. The first-order valence-electron chi connectivity index (χ1n) is 2.73. The van der Waals surface area contributed by atoms with Crippen LogP contribution < -0.4 is 10.4 Å². The molecule has 54 valence electrons. The Morgan fingerprint density at radius 1 is 1.60 bits per heavy atom. The fraction of sp³-hybridized carbons (Fsp3) is 0.200. The first kappa shape index (κ1) is 7.18. The standard InChI is InChI=1S/C5H7BO4/c1-9-4-2-3-10-5(4)6(7)8/h2-3,7-8H,1H3. The van der Waals surface area contributed by atoms with Gasteiger partial charge in [-0.15, -0.1) is 0 Å². The van der Waals surface area contributed by atoms with Crippen molar-refractivity contribution in [3.8, 4) is 5.75 Å². The Balaban J connectivity index is 2.90. The van der Waals surface area contributed by atoms with Crippen molar-refractivity contribution < 1.29 is 19.2 Å². The van der Waals surface area contributed by atoms with Crippen LogP contribution in [0.3, 0.4) is 0 Å². The van der Waals surface area contributed by atoms with Gasteiger partial charge < -0.3 is 19.2 Å². The van der Waals surface area contributed by atoms with Crippen LogP contribution in [-0.4, -0.2) is 24.3 Å². The molecule has 0 aliphatic heterocycles. The van der Waals surface area contributed by atoms with Gasteiger partial charge in [0.1, 0.15) is 0 Å². The van der Waals surface area contributed by atoms with Crippen LogP contribution in [0, 0.1) is 0 Å². The van der Waals surface area contributed by atoms with Crippen LogP contribution in [0.5, 0.6) is 5.75 Å². The summed E-state index contributed by atoms with van der Waals surface area (Å²) in [7, 11) is -0.179. The van der Waals surface area contributed by atoms with Gasteiger partial charge in [-0.2, -0.15) is 0 Å². The van der Waals surface area contributed by atoms with Gasteiger partial charge in [0.25, 0.3) is 0 Å². The van der Waals surface area contributed by atoms with E-state index in [-0.39, 0.29) is 5.66 Å². The number of methoxy groups -OCH3 is 1. The van der Waals surface area contributed by atoms with Gasteiger partial charge in [0.15, 0.2) is 11.4 Å². The number of hydrogen-bond acceptors (Lipinski definition) is 4. The van der Waals surface area contributed by atoms with E-state index in [4.69, 9.17) is 19.2 Å². The zero-order valence-electron chi connectivity index (χ0n) is 5.44. The van der Waals surface area contributed by atoms with E-state index >= 15 is 0 Å². The predicted octanol–water partition coefficient (Wildman–Crippen LogP) is -1.03. The van der Waals surface area contributed by atoms with Crippen molar-refractivity contribution >= 4 is 12.8 Å². The van der Waals surface area contributed by atoms with E-state index in [9.17, 15) is 0 Å². The lowest BCUT2D eigenvalue weighted by Crippen LogP contribution is -2.29. The highest BCUT2D eigenvalue weighted by Crippen LogP contribution is 2.06. The fourth-order valence-corrected chi connectivity index (χ4v) is 0.666. The summed E-state index contributed by atoms with van der Waals surface area (Å²) in [6.45, 7) is 0. The second kappa shape index (κ2) is 2.77. The van der Waals surface area contributed by atoms with Crippen molar-refractivity contribution in [1.82, 2.24) is 0 Å². The second-order valence-electron chi connectivity index (χ2n) is 1.73. The zero-order valence-corrected chi connectivity index (χ0v) is 5.44. The van der Waals surface area contributed by atoms with Gasteiger partial charge in [-0.05, 0) is 0 Å². The number of hydrogen-bond donors (Lipinski definition) is 2. The first-order chi connectivity index (χ1) is 4.75. The molecule has 0 unspecified atom stereocenters. The molecule has 0 atom stereocenters. The molecule has 0 aliphatic carbocycles. The number of furan rings is 1. The van der Waals surface area contributed by atoms with Crippen molar-refractivity contribution in [2.75, 3.05) is 7.11 Å². The van der Waals surface area contributed by atoms with Gasteiger partial charge in [0, 0.05) is 6.07 Å². The molecule has 0 fully saturated rings. The van der Waals surface area contributed by atoms with E-state index in [0.717, 1.165) is 0 Å². The smallest absolute Gasteiger partial charge is 0.494 e. The molecule has 2 N–H and O–H groups in total. The molecule has 1 heterocycles. The van der Waals surface area contributed by atoms with E-state index in [2.05, 4.69) is 0 Å². The molecule has 0 amide bonds. The monoisotopic (exact) mass is 142 g/mol. The second-order valence-corrected chi connectivity index (χ2v) is 1.73. The van der Waals surface area contributed by atoms with Crippen LogP contribution in [0.15, 0.2) is 16.7 Å². The summed E-state index contributed by atoms with van der Waals surface area (Å²) in [6.07, 6.45) is 1.33. The molecule has 0 saturated carbocycles. The Labute approximate surface area is 58.2 Å². The zero-order chi connectivity index (χ0) is 7.56. The van der Waals surface area contributed by atoms with Gasteiger partial charge in [0.2, 0.25) is 0 Å². The summed E-state index contributed by atoms with van der Waals surface area (Å²) >= 11 is 0. The highest BCUT2D eigenvalue weighted by Gasteiger charge is 2.20. The molecule has 0 saturated heterocycles. The molecule has 1 aromatic rings. The quantitative estimate of drug-likeness (QED) is 0.518. The largest absolute Gasteiger partial charge is 0.530 e. The van der Waals surface area contributed by atoms with Crippen LogP contribution in [0.1, 0.15) is 0 Å². The molecule has 0 aliphatic rings. The molecule has 0 radical (unpaired) electrons. The predicted molar refractivity (Wildman–Crippen MR) is 35.1 cm³/mol. The molecule has 0 aromatic carbocycles. The summed E-state index contributed by atoms with van der Waals surface area (Å²) in [5, 5.41) is 17.2. The van der Waals surface area contributed by atoms with E-state index in [1.165, 1.54) is 19.4 Å². The first-order valence-corrected chi connectivity index (χ1v) is 2.73. The SMILES string of the molecule is COc1ccoc1B(O)O. The summed E-state index contributed by atoms with van der Waals surface area (Å²) < 4.78 is 9.42. The van der Waals surface area contributed by atoms with Crippen LogP contribution in [0.4, 0.5) is 0 Å². The minimum absolute atomic E-state index is 0.0301. The van der Waals surface area contributed by atoms with Crippen LogP contribution in [0.2, 0.25) is 0 Å². The third-order valence-corrected chi connectivity index (χ3v) is 1.11. The third-order valence-electron chi connectivity index (χ3n) is 1.11. The molecular weight excluding hydrogens is 135 g/mol. The lowest BCUT2D eigenvalue weighted by molar-refractivity contribution is 0.388. The summed E-state index contributed by atoms with van der Waals surface area (Å²) in [6, 6.07) is 1.51. The minimum Gasteiger partial charge on any atom is -0.494 e. The summed E-state index contributed by atoms with van der Waals surface area (Å²) in [5.74, 6) is 0.343. The summed E-state index contributed by atoms with van der Waals surface area (Å²) in [4.78, 5) is 0. The van der Waals surface area contributed by atoms with Crippen molar-refractivity contribution in [2.45, 2.75) is 0 Å². The highest BCUT2D eigenvalue weighted by molar-refractivity contribution is 6.58. The molecule has 1 aromatic heterocycles. The molecule has 5 heteroatoms. The normalized spacial score (nSPS) is 9.50. The molecule has 1 rings (SSSR count). The van der Waals surface area contributed by atoms with Crippen molar-refractivity contribution in [3.05, 3.63) is 12.3 Å². The Kier molecular flexibility index (Phi) is 1.98. The van der Waals surface area contributed by atoms with Gasteiger partial charge in [-0.3, -0.25) is 0 Å². The van der Waals surface area contributed by atoms with E-state index in [1.807, 2.05) is 0 Å². The van der Waals surface area contributed by atoms with Crippen molar-refractivity contribution in [2.24, 2.45) is 0 Å². The summed E-state index contributed by atoms with van der Waals surface area (Å²) in [5.41, 5.74) is 0.0301. The molecule has 10 heavy (non-hydrogen) atoms. The van der Waals surface area contributed by atoms with Crippen LogP contribution in [0.25, 0.3) is 0 Å².